The summed E-state index contributed by atoms with van der Waals surface area (Å²) in [6.07, 6.45) is 6.83. The molecule has 31 heavy (non-hydrogen) atoms. The van der Waals surface area contributed by atoms with E-state index < -0.39 is 11.6 Å². The molecular formula is C24H24F2N4O. The molecule has 1 fully saturated rings. The van der Waals surface area contributed by atoms with Crippen molar-refractivity contribution in [1.82, 2.24) is 19.3 Å². The maximum absolute atomic E-state index is 15.2. The highest BCUT2D eigenvalue weighted by Gasteiger charge is 2.26. The van der Waals surface area contributed by atoms with Gasteiger partial charge in [0.15, 0.2) is 11.5 Å². The summed E-state index contributed by atoms with van der Waals surface area (Å²) in [5.41, 5.74) is 1.64. The van der Waals surface area contributed by atoms with Crippen molar-refractivity contribution in [3.05, 3.63) is 70.5 Å². The van der Waals surface area contributed by atoms with Crippen molar-refractivity contribution >= 4 is 16.4 Å². The van der Waals surface area contributed by atoms with E-state index in [1.807, 2.05) is 0 Å². The molecule has 4 heterocycles. The molecule has 4 aromatic rings. The molecule has 2 unspecified atom stereocenters. The topological polar surface area (TPSA) is 51.3 Å². The van der Waals surface area contributed by atoms with E-state index in [1.54, 1.807) is 46.6 Å². The van der Waals surface area contributed by atoms with Crippen molar-refractivity contribution in [3.8, 4) is 11.1 Å². The lowest BCUT2D eigenvalue weighted by molar-refractivity contribution is 0.260. The van der Waals surface area contributed by atoms with Crippen LogP contribution < -0.4 is 10.9 Å². The van der Waals surface area contributed by atoms with Gasteiger partial charge in [-0.1, -0.05) is 0 Å². The molecule has 1 aromatic carbocycles. The summed E-state index contributed by atoms with van der Waals surface area (Å²) in [6, 6.07) is 6.79. The average Bonchev–Trinajstić information content (AvgIpc) is 3.08. The van der Waals surface area contributed by atoms with Crippen molar-refractivity contribution in [2.24, 2.45) is 0 Å². The Kier molecular flexibility index (Phi) is 4.66. The van der Waals surface area contributed by atoms with Crippen molar-refractivity contribution in [3.63, 3.8) is 0 Å². The van der Waals surface area contributed by atoms with Crippen LogP contribution in [0.4, 0.5) is 8.78 Å². The summed E-state index contributed by atoms with van der Waals surface area (Å²) in [6.45, 7) is 5.98. The zero-order chi connectivity index (χ0) is 21.9. The van der Waals surface area contributed by atoms with Gasteiger partial charge < -0.3 is 14.3 Å². The maximum atomic E-state index is 15.2. The lowest BCUT2D eigenvalue weighted by Gasteiger charge is -2.34. The van der Waals surface area contributed by atoms with Crippen LogP contribution in [0, 0.1) is 18.6 Å². The van der Waals surface area contributed by atoms with E-state index in [-0.39, 0.29) is 22.6 Å². The quantitative estimate of drug-likeness (QED) is 0.514. The van der Waals surface area contributed by atoms with Crippen LogP contribution in [0.2, 0.25) is 0 Å². The van der Waals surface area contributed by atoms with Gasteiger partial charge in [-0.05, 0) is 68.8 Å². The molecule has 0 saturated carbocycles. The van der Waals surface area contributed by atoms with Gasteiger partial charge in [0, 0.05) is 42.3 Å². The van der Waals surface area contributed by atoms with E-state index >= 15 is 4.39 Å². The fourth-order valence-electron chi connectivity index (χ4n) is 4.90. The van der Waals surface area contributed by atoms with Crippen LogP contribution in [-0.4, -0.2) is 26.0 Å². The number of piperidine rings is 1. The number of aromatic nitrogens is 3. The second kappa shape index (κ2) is 7.27. The average molecular weight is 422 g/mol. The number of halogens is 2. The van der Waals surface area contributed by atoms with Crippen molar-refractivity contribution in [1.29, 1.82) is 0 Å². The number of fused-ring (bicyclic) bond motifs is 2. The first-order valence-electron chi connectivity index (χ1n) is 10.6. The van der Waals surface area contributed by atoms with E-state index in [0.29, 0.717) is 34.3 Å². The number of aryl methyl sites for hydroxylation is 1. The lowest BCUT2D eigenvalue weighted by Crippen LogP contribution is -2.44. The van der Waals surface area contributed by atoms with Gasteiger partial charge in [0.2, 0.25) is 0 Å². The van der Waals surface area contributed by atoms with E-state index in [4.69, 9.17) is 0 Å². The molecule has 1 saturated heterocycles. The van der Waals surface area contributed by atoms with Gasteiger partial charge >= 0.3 is 0 Å². The molecule has 0 aliphatic carbocycles. The van der Waals surface area contributed by atoms with Crippen molar-refractivity contribution < 1.29 is 8.78 Å². The van der Waals surface area contributed by atoms with E-state index in [1.165, 1.54) is 12.1 Å². The third-order valence-electron chi connectivity index (χ3n) is 6.16. The summed E-state index contributed by atoms with van der Waals surface area (Å²) in [5.74, 6) is -1.07. The van der Waals surface area contributed by atoms with Crippen LogP contribution in [0.3, 0.4) is 0 Å². The van der Waals surface area contributed by atoms with Gasteiger partial charge in [0.05, 0.1) is 11.1 Å². The number of hydrogen-bond donors (Lipinski definition) is 1. The number of nitrogens with one attached hydrogen (secondary N) is 1. The summed E-state index contributed by atoms with van der Waals surface area (Å²) in [4.78, 5) is 17.3. The van der Waals surface area contributed by atoms with Gasteiger partial charge in [0.1, 0.15) is 5.82 Å². The fraction of sp³-hybridized carbons (Fsp3) is 0.333. The Morgan fingerprint density at radius 2 is 1.74 bits per heavy atom. The Labute approximate surface area is 178 Å². The molecule has 0 bridgehead atoms. The monoisotopic (exact) mass is 422 g/mol. The first kappa shape index (κ1) is 19.9. The van der Waals surface area contributed by atoms with Crippen LogP contribution in [0.5, 0.6) is 0 Å². The highest BCUT2D eigenvalue weighted by atomic mass is 19.1. The van der Waals surface area contributed by atoms with E-state index in [2.05, 4.69) is 24.1 Å². The molecule has 0 spiro atoms. The smallest absolute Gasteiger partial charge is 0.261 e. The molecule has 160 valence electrons. The molecule has 0 radical (unpaired) electrons. The SMILES string of the molecule is Cc1cn2cc(-c3cc(F)c4c(=O)n(C5CC(C)NC(C)C5)ccc4c3)cc(F)c2n1. The number of imidazole rings is 1. The minimum absolute atomic E-state index is 0.0308. The molecule has 1 aliphatic heterocycles. The Balaban J connectivity index is 1.62. The van der Waals surface area contributed by atoms with Gasteiger partial charge in [-0.25, -0.2) is 13.8 Å². The molecule has 5 rings (SSSR count). The Hall–Kier alpha value is -3.06. The van der Waals surface area contributed by atoms with Crippen LogP contribution in [-0.2, 0) is 0 Å². The molecular weight excluding hydrogens is 398 g/mol. The van der Waals surface area contributed by atoms with Crippen LogP contribution >= 0.6 is 0 Å². The van der Waals surface area contributed by atoms with Gasteiger partial charge in [0.25, 0.3) is 5.56 Å². The third-order valence-corrected chi connectivity index (χ3v) is 6.16. The van der Waals surface area contributed by atoms with E-state index in [9.17, 15) is 9.18 Å². The number of rotatable bonds is 2. The Morgan fingerprint density at radius 3 is 2.48 bits per heavy atom. The Bertz CT molecular complexity index is 1360. The standard InChI is InChI=1S/C24H24F2N4O/c1-13-6-19(7-14(2)27-13)30-5-4-16-8-17(9-20(25)22(16)24(30)31)18-10-21(26)23-28-15(3)11-29(23)12-18/h4-5,8-14,19,27H,6-7H2,1-3H3. The molecule has 1 aliphatic rings. The van der Waals surface area contributed by atoms with Crippen LogP contribution in [0.1, 0.15) is 38.4 Å². The van der Waals surface area contributed by atoms with Crippen LogP contribution in [0.15, 0.2) is 47.7 Å². The van der Waals surface area contributed by atoms with Gasteiger partial charge in [-0.15, -0.1) is 0 Å². The molecule has 5 nitrogen and oxygen atoms in total. The molecule has 3 aromatic heterocycles. The Morgan fingerprint density at radius 1 is 1.03 bits per heavy atom. The third kappa shape index (κ3) is 3.43. The maximum Gasteiger partial charge on any atom is 0.261 e. The van der Waals surface area contributed by atoms with Crippen LogP contribution in [0.25, 0.3) is 27.5 Å². The summed E-state index contributed by atoms with van der Waals surface area (Å²) >= 11 is 0. The lowest BCUT2D eigenvalue weighted by atomic mass is 9.94. The number of benzene rings is 1. The predicted molar refractivity (Wildman–Crippen MR) is 117 cm³/mol. The summed E-state index contributed by atoms with van der Waals surface area (Å²) < 4.78 is 32.9. The van der Waals surface area contributed by atoms with Crippen molar-refractivity contribution in [2.45, 2.75) is 51.7 Å². The second-order valence-electron chi connectivity index (χ2n) is 8.73. The summed E-state index contributed by atoms with van der Waals surface area (Å²) in [7, 11) is 0. The first-order valence-corrected chi connectivity index (χ1v) is 10.6. The highest BCUT2D eigenvalue weighted by Crippen LogP contribution is 2.29. The molecule has 0 amide bonds. The highest BCUT2D eigenvalue weighted by molar-refractivity contribution is 5.87. The second-order valence-corrected chi connectivity index (χ2v) is 8.73. The first-order chi connectivity index (χ1) is 14.8. The minimum atomic E-state index is -0.593. The zero-order valence-electron chi connectivity index (χ0n) is 17.7. The van der Waals surface area contributed by atoms with Crippen molar-refractivity contribution in [2.75, 3.05) is 0 Å². The summed E-state index contributed by atoms with van der Waals surface area (Å²) in [5, 5.41) is 4.05. The largest absolute Gasteiger partial charge is 0.312 e. The molecule has 7 heteroatoms. The number of hydrogen-bond acceptors (Lipinski definition) is 3. The zero-order valence-corrected chi connectivity index (χ0v) is 17.7. The number of nitrogens with zero attached hydrogens (tertiary/aromatic N) is 3. The van der Waals surface area contributed by atoms with Gasteiger partial charge in [-0.3, -0.25) is 4.79 Å². The number of pyridine rings is 2. The van der Waals surface area contributed by atoms with Gasteiger partial charge in [-0.2, -0.15) is 0 Å². The normalized spacial score (nSPS) is 21.8. The minimum Gasteiger partial charge on any atom is -0.312 e. The van der Waals surface area contributed by atoms with E-state index in [0.717, 1.165) is 12.8 Å². The fourth-order valence-corrected chi connectivity index (χ4v) is 4.90. The molecule has 1 N–H and O–H groups in total. The molecule has 2 atom stereocenters. The predicted octanol–water partition coefficient (Wildman–Crippen LogP) is 4.60.